The Labute approximate surface area is 122 Å². The molecule has 3 rings (SSSR count). The maximum Gasteiger partial charge on any atom is 0.255 e. The Hall–Kier alpha value is -2.07. The van der Waals surface area contributed by atoms with Crippen LogP contribution in [-0.4, -0.2) is 17.4 Å². The summed E-state index contributed by atoms with van der Waals surface area (Å²) in [6.45, 7) is 0.990. The summed E-state index contributed by atoms with van der Waals surface area (Å²) in [5.41, 5.74) is 3.45. The first-order valence-electron chi connectivity index (χ1n) is 6.52. The number of amides is 1. The van der Waals surface area contributed by atoms with Crippen molar-refractivity contribution in [2.24, 2.45) is 0 Å². The molecule has 0 fully saturated rings. The second kappa shape index (κ2) is 5.51. The average molecular weight is 288 g/mol. The van der Waals surface area contributed by atoms with Gasteiger partial charge in [-0.2, -0.15) is 0 Å². The molecular weight excluding hydrogens is 274 g/mol. The van der Waals surface area contributed by atoms with Crippen LogP contribution < -0.4 is 10.6 Å². The number of fused-ring (bicyclic) bond motifs is 1. The SMILES string of the molecule is O=C(Nc1cnccc1Cl)c1ccc2c(c1)CCCN2. The fourth-order valence-corrected chi connectivity index (χ4v) is 2.43. The van der Waals surface area contributed by atoms with Gasteiger partial charge in [-0.25, -0.2) is 0 Å². The fourth-order valence-electron chi connectivity index (χ4n) is 2.28. The highest BCUT2D eigenvalue weighted by Crippen LogP contribution is 2.24. The van der Waals surface area contributed by atoms with Gasteiger partial charge in [-0.05, 0) is 42.7 Å². The van der Waals surface area contributed by atoms with Crippen molar-refractivity contribution in [2.75, 3.05) is 17.2 Å². The van der Waals surface area contributed by atoms with E-state index in [0.29, 0.717) is 16.3 Å². The molecule has 0 unspecified atom stereocenters. The van der Waals surface area contributed by atoms with Crippen LogP contribution in [0.1, 0.15) is 22.3 Å². The highest BCUT2D eigenvalue weighted by atomic mass is 35.5. The number of nitrogens with zero attached hydrogens (tertiary/aromatic N) is 1. The van der Waals surface area contributed by atoms with Gasteiger partial charge >= 0.3 is 0 Å². The normalized spacial score (nSPS) is 13.2. The van der Waals surface area contributed by atoms with Crippen molar-refractivity contribution in [3.05, 3.63) is 52.8 Å². The van der Waals surface area contributed by atoms with Gasteiger partial charge in [-0.1, -0.05) is 11.6 Å². The van der Waals surface area contributed by atoms with E-state index in [1.54, 1.807) is 18.5 Å². The van der Waals surface area contributed by atoms with Crippen LogP contribution in [0, 0.1) is 0 Å². The lowest BCUT2D eigenvalue weighted by molar-refractivity contribution is 0.102. The van der Waals surface area contributed by atoms with E-state index in [4.69, 9.17) is 11.6 Å². The predicted molar refractivity (Wildman–Crippen MR) is 80.5 cm³/mol. The van der Waals surface area contributed by atoms with E-state index in [0.717, 1.165) is 25.1 Å². The number of benzene rings is 1. The van der Waals surface area contributed by atoms with Crippen molar-refractivity contribution >= 4 is 28.9 Å². The number of halogens is 1. The van der Waals surface area contributed by atoms with E-state index < -0.39 is 0 Å². The van der Waals surface area contributed by atoms with Gasteiger partial charge in [0.15, 0.2) is 0 Å². The van der Waals surface area contributed by atoms with Crippen molar-refractivity contribution in [3.63, 3.8) is 0 Å². The zero-order valence-corrected chi connectivity index (χ0v) is 11.6. The van der Waals surface area contributed by atoms with Crippen LogP contribution in [0.25, 0.3) is 0 Å². The summed E-state index contributed by atoms with van der Waals surface area (Å²) in [6.07, 6.45) is 5.21. The van der Waals surface area contributed by atoms with Crippen LogP contribution in [-0.2, 0) is 6.42 Å². The van der Waals surface area contributed by atoms with Crippen LogP contribution in [0.5, 0.6) is 0 Å². The standard InChI is InChI=1S/C15H14ClN3O/c16-12-5-7-17-9-14(12)19-15(20)11-3-4-13-10(8-11)2-1-6-18-13/h3-5,7-9,18H,1-2,6H2,(H,19,20). The Morgan fingerprint density at radius 2 is 2.25 bits per heavy atom. The lowest BCUT2D eigenvalue weighted by Gasteiger charge is -2.18. The van der Waals surface area contributed by atoms with E-state index in [1.165, 1.54) is 5.56 Å². The highest BCUT2D eigenvalue weighted by Gasteiger charge is 2.13. The van der Waals surface area contributed by atoms with E-state index >= 15 is 0 Å². The van der Waals surface area contributed by atoms with Crippen LogP contribution in [0.2, 0.25) is 5.02 Å². The molecule has 1 aliphatic rings. The molecule has 1 aromatic heterocycles. The molecule has 2 aromatic rings. The summed E-state index contributed by atoms with van der Waals surface area (Å²) in [4.78, 5) is 16.2. The lowest BCUT2D eigenvalue weighted by atomic mass is 10.0. The molecule has 0 aliphatic carbocycles. The predicted octanol–water partition coefficient (Wildman–Crippen LogP) is 3.35. The minimum Gasteiger partial charge on any atom is -0.385 e. The van der Waals surface area contributed by atoms with Gasteiger partial charge in [0.1, 0.15) is 0 Å². The van der Waals surface area contributed by atoms with Gasteiger partial charge < -0.3 is 10.6 Å². The van der Waals surface area contributed by atoms with Crippen molar-refractivity contribution in [2.45, 2.75) is 12.8 Å². The number of carbonyl (C=O) groups excluding carboxylic acids is 1. The molecule has 102 valence electrons. The number of rotatable bonds is 2. The van der Waals surface area contributed by atoms with E-state index in [2.05, 4.69) is 15.6 Å². The third-order valence-electron chi connectivity index (χ3n) is 3.32. The first-order chi connectivity index (χ1) is 9.74. The Morgan fingerprint density at radius 3 is 3.10 bits per heavy atom. The summed E-state index contributed by atoms with van der Waals surface area (Å²) in [6, 6.07) is 7.35. The Kier molecular flexibility index (Phi) is 3.56. The van der Waals surface area contributed by atoms with Gasteiger partial charge in [0, 0.05) is 24.0 Å². The number of pyridine rings is 1. The van der Waals surface area contributed by atoms with E-state index in [9.17, 15) is 4.79 Å². The molecule has 20 heavy (non-hydrogen) atoms. The van der Waals surface area contributed by atoms with Crippen molar-refractivity contribution in [1.29, 1.82) is 0 Å². The number of aryl methyl sites for hydroxylation is 1. The van der Waals surface area contributed by atoms with Crippen LogP contribution >= 0.6 is 11.6 Å². The summed E-state index contributed by atoms with van der Waals surface area (Å²) >= 11 is 6.01. The largest absolute Gasteiger partial charge is 0.385 e. The van der Waals surface area contributed by atoms with Gasteiger partial charge in [0.2, 0.25) is 0 Å². The maximum absolute atomic E-state index is 12.2. The summed E-state index contributed by atoms with van der Waals surface area (Å²) in [5, 5.41) is 6.58. The molecular formula is C15H14ClN3O. The number of hydrogen-bond donors (Lipinski definition) is 2. The van der Waals surface area contributed by atoms with Gasteiger partial charge in [-0.3, -0.25) is 9.78 Å². The molecule has 1 aromatic carbocycles. The molecule has 1 aliphatic heterocycles. The topological polar surface area (TPSA) is 54.0 Å². The molecule has 0 spiro atoms. The Balaban J connectivity index is 1.82. The summed E-state index contributed by atoms with van der Waals surface area (Å²) in [7, 11) is 0. The molecule has 0 saturated heterocycles. The summed E-state index contributed by atoms with van der Waals surface area (Å²) in [5.74, 6) is -0.173. The maximum atomic E-state index is 12.2. The molecule has 0 saturated carbocycles. The number of anilines is 2. The monoisotopic (exact) mass is 287 g/mol. The lowest BCUT2D eigenvalue weighted by Crippen LogP contribution is -2.15. The number of nitrogens with one attached hydrogen (secondary N) is 2. The number of hydrogen-bond acceptors (Lipinski definition) is 3. The minimum absolute atomic E-state index is 0.173. The van der Waals surface area contributed by atoms with Crippen LogP contribution in [0.15, 0.2) is 36.7 Å². The number of carbonyl (C=O) groups is 1. The molecule has 2 heterocycles. The smallest absolute Gasteiger partial charge is 0.255 e. The van der Waals surface area contributed by atoms with Crippen LogP contribution in [0.4, 0.5) is 11.4 Å². The van der Waals surface area contributed by atoms with Gasteiger partial charge in [-0.15, -0.1) is 0 Å². The molecule has 0 atom stereocenters. The highest BCUT2D eigenvalue weighted by molar-refractivity contribution is 6.33. The fraction of sp³-hybridized carbons (Fsp3) is 0.200. The minimum atomic E-state index is -0.173. The van der Waals surface area contributed by atoms with Gasteiger partial charge in [0.25, 0.3) is 5.91 Å². The van der Waals surface area contributed by atoms with Crippen molar-refractivity contribution in [3.8, 4) is 0 Å². The van der Waals surface area contributed by atoms with Crippen molar-refractivity contribution < 1.29 is 4.79 Å². The second-order valence-corrected chi connectivity index (χ2v) is 5.12. The first kappa shape index (κ1) is 12.9. The number of aromatic nitrogens is 1. The molecule has 5 heteroatoms. The summed E-state index contributed by atoms with van der Waals surface area (Å²) < 4.78 is 0. The first-order valence-corrected chi connectivity index (χ1v) is 6.89. The Morgan fingerprint density at radius 1 is 1.35 bits per heavy atom. The van der Waals surface area contributed by atoms with E-state index in [-0.39, 0.29) is 5.91 Å². The van der Waals surface area contributed by atoms with Gasteiger partial charge in [0.05, 0.1) is 16.9 Å². The molecule has 2 N–H and O–H groups in total. The second-order valence-electron chi connectivity index (χ2n) is 4.71. The third-order valence-corrected chi connectivity index (χ3v) is 3.65. The molecule has 1 amide bonds. The third kappa shape index (κ3) is 2.60. The zero-order chi connectivity index (χ0) is 13.9. The molecule has 4 nitrogen and oxygen atoms in total. The van der Waals surface area contributed by atoms with Crippen molar-refractivity contribution in [1.82, 2.24) is 4.98 Å². The molecule has 0 radical (unpaired) electrons. The average Bonchev–Trinajstić information content (AvgIpc) is 2.49. The molecule has 0 bridgehead atoms. The van der Waals surface area contributed by atoms with Crippen LogP contribution in [0.3, 0.4) is 0 Å². The zero-order valence-electron chi connectivity index (χ0n) is 10.8. The quantitative estimate of drug-likeness (QED) is 0.891. The Bertz CT molecular complexity index is 657. The van der Waals surface area contributed by atoms with E-state index in [1.807, 2.05) is 18.2 Å².